The fraction of sp³-hybridized carbons (Fsp3) is 0.409. The van der Waals surface area contributed by atoms with Crippen LogP contribution in [0.1, 0.15) is 30.9 Å². The molecule has 1 aliphatic heterocycles. The van der Waals surface area contributed by atoms with Crippen molar-refractivity contribution in [1.82, 2.24) is 10.6 Å². The normalized spacial score (nSPS) is 15.9. The molecule has 1 saturated heterocycles. The van der Waals surface area contributed by atoms with E-state index in [0.717, 1.165) is 36.6 Å². The minimum absolute atomic E-state index is 0. The predicted octanol–water partition coefficient (Wildman–Crippen LogP) is 4.53. The van der Waals surface area contributed by atoms with E-state index in [1.807, 2.05) is 13.0 Å². The van der Waals surface area contributed by atoms with Crippen molar-refractivity contribution >= 4 is 29.9 Å². The first-order valence-electron chi connectivity index (χ1n) is 9.82. The molecule has 0 atom stereocenters. The molecule has 0 bridgehead atoms. The number of aliphatic imine (C=N–C) groups is 1. The molecule has 0 radical (unpaired) electrons. The molecule has 0 unspecified atom stereocenters. The molecule has 0 aromatic heterocycles. The van der Waals surface area contributed by atoms with Gasteiger partial charge in [0.2, 0.25) is 0 Å². The van der Waals surface area contributed by atoms with E-state index >= 15 is 0 Å². The van der Waals surface area contributed by atoms with Gasteiger partial charge >= 0.3 is 0 Å². The van der Waals surface area contributed by atoms with E-state index in [4.69, 9.17) is 4.74 Å². The highest BCUT2D eigenvalue weighted by Gasteiger charge is 2.35. The van der Waals surface area contributed by atoms with E-state index in [9.17, 15) is 13.2 Å². The van der Waals surface area contributed by atoms with Crippen LogP contribution in [-0.2, 0) is 16.7 Å². The Morgan fingerprint density at radius 1 is 1.03 bits per heavy atom. The maximum absolute atomic E-state index is 13.9. The predicted molar refractivity (Wildman–Crippen MR) is 123 cm³/mol. The Kier molecular flexibility index (Phi) is 9.41. The van der Waals surface area contributed by atoms with E-state index in [1.54, 1.807) is 12.1 Å². The second kappa shape index (κ2) is 11.5. The second-order valence-electron chi connectivity index (χ2n) is 7.19. The zero-order chi connectivity index (χ0) is 20.7. The van der Waals surface area contributed by atoms with Gasteiger partial charge in [-0.3, -0.25) is 0 Å². The van der Waals surface area contributed by atoms with Crippen LogP contribution in [0.5, 0.6) is 0 Å². The summed E-state index contributed by atoms with van der Waals surface area (Å²) in [5.41, 5.74) is 0.814. The van der Waals surface area contributed by atoms with Crippen molar-refractivity contribution in [2.24, 2.45) is 4.99 Å². The van der Waals surface area contributed by atoms with Gasteiger partial charge in [-0.2, -0.15) is 0 Å². The third kappa shape index (κ3) is 6.34. The lowest BCUT2D eigenvalue weighted by Gasteiger charge is -2.38. The lowest BCUT2D eigenvalue weighted by molar-refractivity contribution is 0.0513. The van der Waals surface area contributed by atoms with Crippen molar-refractivity contribution in [2.45, 2.75) is 31.7 Å². The minimum atomic E-state index is -0.498. The SMILES string of the molecule is CCNC(=NCc1cc(F)ccc1F)NCC1(c2cccc(F)c2)CCOCC1.I. The monoisotopic (exact) mass is 533 g/mol. The molecule has 1 fully saturated rings. The van der Waals surface area contributed by atoms with Gasteiger partial charge in [0, 0.05) is 37.3 Å². The largest absolute Gasteiger partial charge is 0.381 e. The molecule has 164 valence electrons. The second-order valence-corrected chi connectivity index (χ2v) is 7.19. The molecule has 0 aliphatic carbocycles. The Morgan fingerprint density at radius 2 is 1.77 bits per heavy atom. The number of halogens is 4. The van der Waals surface area contributed by atoms with E-state index in [1.165, 1.54) is 6.07 Å². The van der Waals surface area contributed by atoms with Crippen LogP contribution in [0.3, 0.4) is 0 Å². The molecular formula is C22H27F3IN3O. The van der Waals surface area contributed by atoms with Crippen molar-refractivity contribution in [2.75, 3.05) is 26.3 Å². The highest BCUT2D eigenvalue weighted by Crippen LogP contribution is 2.34. The zero-order valence-corrected chi connectivity index (χ0v) is 19.2. The van der Waals surface area contributed by atoms with Crippen molar-refractivity contribution in [1.29, 1.82) is 0 Å². The minimum Gasteiger partial charge on any atom is -0.381 e. The number of hydrogen-bond donors (Lipinski definition) is 2. The van der Waals surface area contributed by atoms with Gasteiger partial charge in [-0.25, -0.2) is 18.2 Å². The van der Waals surface area contributed by atoms with Gasteiger partial charge in [-0.05, 0) is 55.7 Å². The van der Waals surface area contributed by atoms with Gasteiger partial charge in [0.05, 0.1) is 6.54 Å². The third-order valence-electron chi connectivity index (χ3n) is 5.24. The summed E-state index contributed by atoms with van der Waals surface area (Å²) in [7, 11) is 0. The van der Waals surface area contributed by atoms with E-state index < -0.39 is 11.6 Å². The summed E-state index contributed by atoms with van der Waals surface area (Å²) in [6.07, 6.45) is 1.50. The molecule has 2 N–H and O–H groups in total. The zero-order valence-electron chi connectivity index (χ0n) is 16.9. The fourth-order valence-corrected chi connectivity index (χ4v) is 3.57. The van der Waals surface area contributed by atoms with Crippen molar-refractivity contribution in [3.05, 3.63) is 71.0 Å². The van der Waals surface area contributed by atoms with Gasteiger partial charge in [0.25, 0.3) is 0 Å². The molecule has 8 heteroatoms. The molecular weight excluding hydrogens is 506 g/mol. The number of nitrogens with zero attached hydrogens (tertiary/aromatic N) is 1. The fourth-order valence-electron chi connectivity index (χ4n) is 3.57. The molecule has 2 aromatic rings. The van der Waals surface area contributed by atoms with Crippen LogP contribution in [0, 0.1) is 17.5 Å². The molecule has 0 saturated carbocycles. The first-order valence-corrected chi connectivity index (χ1v) is 9.82. The molecule has 4 nitrogen and oxygen atoms in total. The average Bonchev–Trinajstić information content (AvgIpc) is 2.73. The van der Waals surface area contributed by atoms with Gasteiger partial charge in [-0.15, -0.1) is 24.0 Å². The third-order valence-corrected chi connectivity index (χ3v) is 5.24. The molecule has 1 aliphatic rings. The number of ether oxygens (including phenoxy) is 1. The molecule has 1 heterocycles. The summed E-state index contributed by atoms with van der Waals surface area (Å²) >= 11 is 0. The summed E-state index contributed by atoms with van der Waals surface area (Å²) in [6.45, 7) is 4.28. The quantitative estimate of drug-likeness (QED) is 0.326. The van der Waals surface area contributed by atoms with Crippen molar-refractivity contribution in [3.63, 3.8) is 0 Å². The summed E-state index contributed by atoms with van der Waals surface area (Å²) in [6, 6.07) is 9.98. The van der Waals surface area contributed by atoms with Crippen LogP contribution in [0.4, 0.5) is 13.2 Å². The molecule has 0 amide bonds. The Hall–Kier alpha value is -1.81. The van der Waals surface area contributed by atoms with Gasteiger partial charge < -0.3 is 15.4 Å². The molecule has 30 heavy (non-hydrogen) atoms. The highest BCUT2D eigenvalue weighted by molar-refractivity contribution is 14.0. The number of nitrogens with one attached hydrogen (secondary N) is 2. The topological polar surface area (TPSA) is 45.7 Å². The average molecular weight is 533 g/mol. The lowest BCUT2D eigenvalue weighted by Crippen LogP contribution is -2.48. The van der Waals surface area contributed by atoms with Crippen LogP contribution in [0.25, 0.3) is 0 Å². The Labute approximate surface area is 192 Å². The first-order chi connectivity index (χ1) is 14.0. The van der Waals surface area contributed by atoms with Crippen LogP contribution < -0.4 is 10.6 Å². The maximum Gasteiger partial charge on any atom is 0.191 e. The lowest BCUT2D eigenvalue weighted by atomic mass is 9.74. The van der Waals surface area contributed by atoms with Gasteiger partial charge in [0.1, 0.15) is 17.5 Å². The smallest absolute Gasteiger partial charge is 0.191 e. The Morgan fingerprint density at radius 3 is 2.47 bits per heavy atom. The molecule has 0 spiro atoms. The number of benzene rings is 2. The van der Waals surface area contributed by atoms with Gasteiger partial charge in [-0.1, -0.05) is 12.1 Å². The van der Waals surface area contributed by atoms with E-state index in [-0.39, 0.29) is 47.3 Å². The van der Waals surface area contributed by atoms with E-state index in [2.05, 4.69) is 15.6 Å². The van der Waals surface area contributed by atoms with Crippen molar-refractivity contribution < 1.29 is 17.9 Å². The van der Waals surface area contributed by atoms with Crippen LogP contribution >= 0.6 is 24.0 Å². The summed E-state index contributed by atoms with van der Waals surface area (Å²) in [5.74, 6) is -0.762. The standard InChI is InChI=1S/C22H26F3N3O.HI/c1-2-26-21(27-14-16-12-19(24)6-7-20(16)25)28-15-22(8-10-29-11-9-22)17-4-3-5-18(23)13-17;/h3-7,12-13H,2,8-11,14-15H2,1H3,(H2,26,27,28);1H. The first kappa shape index (κ1) is 24.5. The van der Waals surface area contributed by atoms with E-state index in [0.29, 0.717) is 32.3 Å². The van der Waals surface area contributed by atoms with Crippen LogP contribution in [0.15, 0.2) is 47.5 Å². The van der Waals surface area contributed by atoms with Gasteiger partial charge in [0.15, 0.2) is 5.96 Å². The summed E-state index contributed by atoms with van der Waals surface area (Å²) < 4.78 is 46.6. The number of guanidine groups is 1. The van der Waals surface area contributed by atoms with Crippen LogP contribution in [-0.4, -0.2) is 32.3 Å². The molecule has 2 aromatic carbocycles. The van der Waals surface area contributed by atoms with Crippen LogP contribution in [0.2, 0.25) is 0 Å². The Balaban J connectivity index is 0.00000320. The molecule has 3 rings (SSSR count). The Bertz CT molecular complexity index is 857. The summed E-state index contributed by atoms with van der Waals surface area (Å²) in [5, 5.41) is 6.42. The number of hydrogen-bond acceptors (Lipinski definition) is 2. The van der Waals surface area contributed by atoms with Crippen molar-refractivity contribution in [3.8, 4) is 0 Å². The summed E-state index contributed by atoms with van der Waals surface area (Å²) in [4.78, 5) is 4.39. The number of rotatable bonds is 6. The maximum atomic E-state index is 13.9. The highest BCUT2D eigenvalue weighted by atomic mass is 127.